The maximum absolute atomic E-state index is 10.3. The molecule has 0 aliphatic carbocycles. The minimum Gasteiger partial charge on any atom is -0.547 e. The molecule has 70 valence electrons. The second kappa shape index (κ2) is 6.16. The molecular formula is C9H10NNaO3. The summed E-state index contributed by atoms with van der Waals surface area (Å²) < 4.78 is 0. The van der Waals surface area contributed by atoms with E-state index >= 15 is 0 Å². The molecule has 0 saturated carbocycles. The molecule has 0 fully saturated rings. The number of benzene rings is 1. The second-order valence-electron chi connectivity index (χ2n) is 2.70. The van der Waals surface area contributed by atoms with Crippen LogP contribution in [0.3, 0.4) is 0 Å². The topological polar surface area (TPSA) is 86.4 Å². The van der Waals surface area contributed by atoms with Gasteiger partial charge in [0.1, 0.15) is 6.10 Å². The first-order valence-corrected chi connectivity index (χ1v) is 3.82. The van der Waals surface area contributed by atoms with Crippen LogP contribution in [0.4, 0.5) is 0 Å². The van der Waals surface area contributed by atoms with E-state index in [1.807, 2.05) is 0 Å². The molecule has 2 atom stereocenters. The molecular weight excluding hydrogens is 193 g/mol. The molecule has 5 heteroatoms. The Morgan fingerprint density at radius 3 is 2.29 bits per heavy atom. The quantitative estimate of drug-likeness (QED) is 0.488. The summed E-state index contributed by atoms with van der Waals surface area (Å²) in [7, 11) is 0. The SMILES string of the molecule is N[C@H](c1ccccc1)C(O)C(=O)[O-].[Na+]. The maximum Gasteiger partial charge on any atom is 1.00 e. The van der Waals surface area contributed by atoms with Gasteiger partial charge in [-0.3, -0.25) is 0 Å². The van der Waals surface area contributed by atoms with E-state index in [1.165, 1.54) is 0 Å². The summed E-state index contributed by atoms with van der Waals surface area (Å²) in [6, 6.07) is 7.58. The maximum atomic E-state index is 10.3. The van der Waals surface area contributed by atoms with Crippen LogP contribution < -0.4 is 40.4 Å². The summed E-state index contributed by atoms with van der Waals surface area (Å²) in [5.41, 5.74) is 6.04. The van der Waals surface area contributed by atoms with Crippen molar-refractivity contribution in [1.29, 1.82) is 0 Å². The van der Waals surface area contributed by atoms with Gasteiger partial charge in [-0.1, -0.05) is 30.3 Å². The summed E-state index contributed by atoms with van der Waals surface area (Å²) in [6.07, 6.45) is -1.66. The monoisotopic (exact) mass is 203 g/mol. The normalized spacial score (nSPS) is 13.9. The number of hydrogen-bond acceptors (Lipinski definition) is 4. The predicted molar refractivity (Wildman–Crippen MR) is 44.4 cm³/mol. The van der Waals surface area contributed by atoms with Crippen LogP contribution >= 0.6 is 0 Å². The molecule has 1 unspecified atom stereocenters. The molecule has 0 heterocycles. The number of aliphatic hydroxyl groups is 1. The van der Waals surface area contributed by atoms with E-state index < -0.39 is 18.1 Å². The van der Waals surface area contributed by atoms with Gasteiger partial charge >= 0.3 is 29.6 Å². The number of aliphatic hydroxyl groups excluding tert-OH is 1. The van der Waals surface area contributed by atoms with Crippen molar-refractivity contribution in [2.45, 2.75) is 12.1 Å². The van der Waals surface area contributed by atoms with Gasteiger partial charge in [0.2, 0.25) is 0 Å². The molecule has 4 nitrogen and oxygen atoms in total. The average molecular weight is 203 g/mol. The number of aliphatic carboxylic acids is 1. The van der Waals surface area contributed by atoms with E-state index in [0.29, 0.717) is 5.56 Å². The molecule has 0 radical (unpaired) electrons. The molecule has 1 aromatic rings. The smallest absolute Gasteiger partial charge is 0.547 e. The van der Waals surface area contributed by atoms with Crippen LogP contribution in [-0.2, 0) is 4.79 Å². The summed E-state index contributed by atoms with van der Waals surface area (Å²) in [4.78, 5) is 10.3. The average Bonchev–Trinajstić information content (AvgIpc) is 2.17. The Bertz CT molecular complexity index is 291. The minimum absolute atomic E-state index is 0. The Labute approximate surface area is 104 Å². The number of carbonyl (C=O) groups is 1. The number of carbonyl (C=O) groups excluding carboxylic acids is 1. The Balaban J connectivity index is 0.00000169. The molecule has 0 aliphatic heterocycles. The standard InChI is InChI=1S/C9H11NO3.Na/c10-7(8(11)9(12)13)6-4-2-1-3-5-6;/h1-5,7-8,11H,10H2,(H,12,13);/q;+1/p-1/t7-,8?;/m1./s1. The van der Waals surface area contributed by atoms with Crippen molar-refractivity contribution < 1.29 is 44.6 Å². The van der Waals surface area contributed by atoms with Crippen LogP contribution in [0.2, 0.25) is 0 Å². The van der Waals surface area contributed by atoms with Crippen molar-refractivity contribution in [1.82, 2.24) is 0 Å². The summed E-state index contributed by atoms with van der Waals surface area (Å²) in [5, 5.41) is 19.3. The first-order valence-electron chi connectivity index (χ1n) is 3.82. The van der Waals surface area contributed by atoms with Gasteiger partial charge in [0, 0.05) is 0 Å². The van der Waals surface area contributed by atoms with Crippen LogP contribution in [0.5, 0.6) is 0 Å². The molecule has 0 bridgehead atoms. The molecule has 0 saturated heterocycles. The summed E-state index contributed by atoms with van der Waals surface area (Å²) >= 11 is 0. The molecule has 0 amide bonds. The van der Waals surface area contributed by atoms with E-state index in [2.05, 4.69) is 0 Å². The fourth-order valence-electron chi connectivity index (χ4n) is 1.00. The van der Waals surface area contributed by atoms with Gasteiger partial charge in [-0.15, -0.1) is 0 Å². The zero-order valence-corrected chi connectivity index (χ0v) is 9.88. The second-order valence-corrected chi connectivity index (χ2v) is 2.70. The fourth-order valence-corrected chi connectivity index (χ4v) is 1.00. The van der Waals surface area contributed by atoms with Crippen LogP contribution in [-0.4, -0.2) is 17.2 Å². The van der Waals surface area contributed by atoms with Crippen LogP contribution in [0, 0.1) is 0 Å². The Morgan fingerprint density at radius 2 is 1.86 bits per heavy atom. The minimum atomic E-state index is -1.66. The van der Waals surface area contributed by atoms with Gasteiger partial charge in [-0.25, -0.2) is 0 Å². The predicted octanol–water partition coefficient (Wildman–Crippen LogP) is -4.20. The van der Waals surface area contributed by atoms with Crippen LogP contribution in [0.1, 0.15) is 11.6 Å². The largest absolute Gasteiger partial charge is 1.00 e. The van der Waals surface area contributed by atoms with E-state index in [4.69, 9.17) is 10.8 Å². The fraction of sp³-hybridized carbons (Fsp3) is 0.222. The number of rotatable bonds is 3. The zero-order valence-electron chi connectivity index (χ0n) is 7.88. The molecule has 1 rings (SSSR count). The number of nitrogens with two attached hydrogens (primary N) is 1. The molecule has 0 aromatic heterocycles. The molecule has 14 heavy (non-hydrogen) atoms. The van der Waals surface area contributed by atoms with Crippen molar-refractivity contribution in [2.75, 3.05) is 0 Å². The van der Waals surface area contributed by atoms with E-state index in [1.54, 1.807) is 30.3 Å². The van der Waals surface area contributed by atoms with Gasteiger partial charge in [0.15, 0.2) is 0 Å². The first kappa shape index (κ1) is 13.6. The van der Waals surface area contributed by atoms with Crippen molar-refractivity contribution >= 4 is 5.97 Å². The van der Waals surface area contributed by atoms with Crippen molar-refractivity contribution in [3.63, 3.8) is 0 Å². The molecule has 0 spiro atoms. The van der Waals surface area contributed by atoms with Crippen molar-refractivity contribution in [3.05, 3.63) is 35.9 Å². The summed E-state index contributed by atoms with van der Waals surface area (Å²) in [5.74, 6) is -1.56. The van der Waals surface area contributed by atoms with E-state index in [-0.39, 0.29) is 29.6 Å². The van der Waals surface area contributed by atoms with Gasteiger partial charge in [0.05, 0.1) is 12.0 Å². The van der Waals surface area contributed by atoms with E-state index in [0.717, 1.165) is 0 Å². The first-order chi connectivity index (χ1) is 6.13. The van der Waals surface area contributed by atoms with Crippen LogP contribution in [0.25, 0.3) is 0 Å². The van der Waals surface area contributed by atoms with Gasteiger partial charge in [0.25, 0.3) is 0 Å². The third-order valence-electron chi connectivity index (χ3n) is 1.77. The van der Waals surface area contributed by atoms with Gasteiger partial charge in [-0.2, -0.15) is 0 Å². The Kier molecular flexibility index (Phi) is 5.99. The van der Waals surface area contributed by atoms with Crippen molar-refractivity contribution in [3.8, 4) is 0 Å². The number of hydrogen-bond donors (Lipinski definition) is 2. The van der Waals surface area contributed by atoms with E-state index in [9.17, 15) is 9.90 Å². The molecule has 0 aliphatic rings. The van der Waals surface area contributed by atoms with Crippen molar-refractivity contribution in [2.24, 2.45) is 5.73 Å². The Morgan fingerprint density at radius 1 is 1.36 bits per heavy atom. The Hall–Kier alpha value is -0.390. The third-order valence-corrected chi connectivity index (χ3v) is 1.77. The zero-order chi connectivity index (χ0) is 9.84. The van der Waals surface area contributed by atoms with Gasteiger partial charge in [-0.05, 0) is 5.56 Å². The molecule has 1 aromatic carbocycles. The number of carboxylic acid groups (broad SMARTS) is 1. The van der Waals surface area contributed by atoms with Crippen LogP contribution in [0.15, 0.2) is 30.3 Å². The third kappa shape index (κ3) is 3.40. The van der Waals surface area contributed by atoms with Gasteiger partial charge < -0.3 is 20.7 Å². The summed E-state index contributed by atoms with van der Waals surface area (Å²) in [6.45, 7) is 0. The molecule has 3 N–H and O–H groups in total. The number of carboxylic acids is 1.